The molecule has 0 heterocycles. The molecular weight excluding hydrogens is 244 g/mol. The summed E-state index contributed by atoms with van der Waals surface area (Å²) < 4.78 is 0. The molecule has 0 fully saturated rings. The highest BCUT2D eigenvalue weighted by Crippen LogP contribution is 2.06. The summed E-state index contributed by atoms with van der Waals surface area (Å²) in [5, 5.41) is 8.93. The molecule has 0 saturated heterocycles. The van der Waals surface area contributed by atoms with Gasteiger partial charge in [-0.15, -0.1) is 0 Å². The van der Waals surface area contributed by atoms with Crippen LogP contribution in [0.1, 0.15) is 63.0 Å². The molecule has 1 rings (SSSR count). The Bertz CT molecular complexity index is 476. The monoisotopic (exact) mass is 268 g/mol. The number of aliphatic hydroxyl groups is 1. The number of aliphatic hydroxyl groups excluding tert-OH is 1. The molecule has 0 aliphatic heterocycles. The van der Waals surface area contributed by atoms with Gasteiger partial charge in [0.2, 0.25) is 0 Å². The van der Waals surface area contributed by atoms with Crippen molar-refractivity contribution in [1.29, 1.82) is 0 Å². The van der Waals surface area contributed by atoms with Gasteiger partial charge in [-0.25, -0.2) is 0 Å². The first kappa shape index (κ1) is 16.4. The lowest BCUT2D eigenvalue weighted by Crippen LogP contribution is -1.82. The van der Waals surface area contributed by atoms with E-state index in [-0.39, 0.29) is 6.61 Å². The van der Waals surface area contributed by atoms with E-state index in [1.807, 2.05) is 24.3 Å². The van der Waals surface area contributed by atoms with Crippen LogP contribution in [-0.2, 0) is 6.61 Å². The minimum Gasteiger partial charge on any atom is -0.392 e. The molecule has 0 aliphatic carbocycles. The first-order valence-electron chi connectivity index (χ1n) is 7.55. The Morgan fingerprint density at radius 2 is 1.60 bits per heavy atom. The Hall–Kier alpha value is -1.70. The molecule has 1 aromatic carbocycles. The molecule has 20 heavy (non-hydrogen) atoms. The van der Waals surface area contributed by atoms with Crippen molar-refractivity contribution in [2.75, 3.05) is 0 Å². The van der Waals surface area contributed by atoms with E-state index in [1.54, 1.807) is 0 Å². The van der Waals surface area contributed by atoms with Gasteiger partial charge >= 0.3 is 0 Å². The zero-order valence-corrected chi connectivity index (χ0v) is 12.4. The van der Waals surface area contributed by atoms with Crippen LogP contribution in [0.4, 0.5) is 0 Å². The van der Waals surface area contributed by atoms with Crippen LogP contribution < -0.4 is 0 Å². The molecule has 0 spiro atoms. The van der Waals surface area contributed by atoms with Crippen LogP contribution in [0.15, 0.2) is 24.3 Å². The number of unbranched alkanes of at least 4 members (excludes halogenated alkanes) is 6. The normalized spacial score (nSPS) is 9.30. The zero-order valence-electron chi connectivity index (χ0n) is 12.4. The van der Waals surface area contributed by atoms with Crippen molar-refractivity contribution in [3.05, 3.63) is 35.4 Å². The molecule has 1 aromatic rings. The molecule has 0 aliphatic rings. The average Bonchev–Trinajstić information content (AvgIpc) is 2.50. The van der Waals surface area contributed by atoms with E-state index in [2.05, 4.69) is 30.6 Å². The third-order valence-electron chi connectivity index (χ3n) is 3.15. The molecule has 0 radical (unpaired) electrons. The molecule has 1 nitrogen and oxygen atoms in total. The Morgan fingerprint density at radius 3 is 2.30 bits per heavy atom. The molecule has 0 amide bonds. The fourth-order valence-electron chi connectivity index (χ4n) is 1.90. The second kappa shape index (κ2) is 11.2. The summed E-state index contributed by atoms with van der Waals surface area (Å²) in [6.45, 7) is 2.31. The van der Waals surface area contributed by atoms with Gasteiger partial charge < -0.3 is 5.11 Å². The highest BCUT2D eigenvalue weighted by molar-refractivity contribution is 5.40. The fourth-order valence-corrected chi connectivity index (χ4v) is 1.90. The summed E-state index contributed by atoms with van der Waals surface area (Å²) in [5.41, 5.74) is 1.85. The number of rotatable bonds is 7. The summed E-state index contributed by atoms with van der Waals surface area (Å²) in [6, 6.07) is 7.59. The van der Waals surface area contributed by atoms with E-state index in [9.17, 15) is 0 Å². The highest BCUT2D eigenvalue weighted by Gasteiger charge is 1.89. The van der Waals surface area contributed by atoms with Gasteiger partial charge in [-0.05, 0) is 36.0 Å². The molecule has 0 aromatic heterocycles. The van der Waals surface area contributed by atoms with Crippen molar-refractivity contribution in [2.45, 2.75) is 58.5 Å². The van der Waals surface area contributed by atoms with Crippen LogP contribution >= 0.6 is 0 Å². The molecule has 0 saturated carbocycles. The van der Waals surface area contributed by atoms with E-state index in [4.69, 9.17) is 5.11 Å². The lowest BCUT2D eigenvalue weighted by atomic mass is 10.1. The predicted molar refractivity (Wildman–Crippen MR) is 85.0 cm³/mol. The van der Waals surface area contributed by atoms with Crippen molar-refractivity contribution in [1.82, 2.24) is 0 Å². The SMILES string of the molecule is CCCCCCCCC#CC#Cc1ccc(CO)cc1. The second-order valence-corrected chi connectivity index (χ2v) is 4.92. The minimum atomic E-state index is 0.0752. The third kappa shape index (κ3) is 7.67. The van der Waals surface area contributed by atoms with E-state index >= 15 is 0 Å². The first-order chi connectivity index (χ1) is 9.86. The summed E-state index contributed by atoms with van der Waals surface area (Å²) in [4.78, 5) is 0. The Balaban J connectivity index is 2.20. The van der Waals surface area contributed by atoms with Crippen molar-refractivity contribution in [2.24, 2.45) is 0 Å². The Kier molecular flexibility index (Phi) is 9.12. The third-order valence-corrected chi connectivity index (χ3v) is 3.15. The standard InChI is InChI=1S/C19H24O/c1-2-3-4-5-6-7-8-9-10-11-12-18-13-15-19(17-20)16-14-18/h13-16,20H,2-8,17H2,1H3. The van der Waals surface area contributed by atoms with Crippen molar-refractivity contribution in [3.63, 3.8) is 0 Å². The Labute approximate surface area is 123 Å². The zero-order chi connectivity index (χ0) is 14.5. The van der Waals surface area contributed by atoms with Crippen molar-refractivity contribution < 1.29 is 5.11 Å². The lowest BCUT2D eigenvalue weighted by Gasteiger charge is -1.96. The van der Waals surface area contributed by atoms with Gasteiger partial charge in [0.25, 0.3) is 0 Å². The lowest BCUT2D eigenvalue weighted by molar-refractivity contribution is 0.282. The van der Waals surface area contributed by atoms with Gasteiger partial charge in [0.1, 0.15) is 0 Å². The predicted octanol–water partition coefficient (Wildman–Crippen LogP) is 4.28. The minimum absolute atomic E-state index is 0.0752. The second-order valence-electron chi connectivity index (χ2n) is 4.92. The van der Waals surface area contributed by atoms with Gasteiger partial charge in [0.05, 0.1) is 6.61 Å². The molecule has 0 bridgehead atoms. The summed E-state index contributed by atoms with van der Waals surface area (Å²) in [5.74, 6) is 11.9. The van der Waals surface area contributed by atoms with Crippen LogP contribution in [0.3, 0.4) is 0 Å². The summed E-state index contributed by atoms with van der Waals surface area (Å²) in [7, 11) is 0. The van der Waals surface area contributed by atoms with Crippen LogP contribution in [0.5, 0.6) is 0 Å². The van der Waals surface area contributed by atoms with Gasteiger partial charge in [-0.2, -0.15) is 0 Å². The maximum atomic E-state index is 8.93. The van der Waals surface area contributed by atoms with Crippen molar-refractivity contribution in [3.8, 4) is 23.7 Å². The van der Waals surface area contributed by atoms with Crippen LogP contribution in [0.2, 0.25) is 0 Å². The number of hydrogen-bond acceptors (Lipinski definition) is 1. The van der Waals surface area contributed by atoms with Gasteiger partial charge in [-0.3, -0.25) is 0 Å². The fraction of sp³-hybridized carbons (Fsp3) is 0.474. The van der Waals surface area contributed by atoms with Crippen molar-refractivity contribution >= 4 is 0 Å². The molecule has 0 atom stereocenters. The molecule has 1 heteroatoms. The van der Waals surface area contributed by atoms with E-state index in [0.717, 1.165) is 17.5 Å². The van der Waals surface area contributed by atoms with Crippen LogP contribution in [-0.4, -0.2) is 5.11 Å². The summed E-state index contributed by atoms with van der Waals surface area (Å²) in [6.07, 6.45) is 8.76. The number of benzene rings is 1. The van der Waals surface area contributed by atoms with E-state index in [0.29, 0.717) is 0 Å². The van der Waals surface area contributed by atoms with Gasteiger partial charge in [0.15, 0.2) is 0 Å². The molecular formula is C19H24O. The van der Waals surface area contributed by atoms with Gasteiger partial charge in [0, 0.05) is 12.0 Å². The first-order valence-corrected chi connectivity index (χ1v) is 7.55. The highest BCUT2D eigenvalue weighted by atomic mass is 16.3. The van der Waals surface area contributed by atoms with E-state index < -0.39 is 0 Å². The molecule has 106 valence electrons. The molecule has 1 N–H and O–H groups in total. The van der Waals surface area contributed by atoms with Gasteiger partial charge in [-0.1, -0.05) is 63.0 Å². The van der Waals surface area contributed by atoms with Crippen LogP contribution in [0, 0.1) is 23.7 Å². The largest absolute Gasteiger partial charge is 0.392 e. The summed E-state index contributed by atoms with van der Waals surface area (Å²) >= 11 is 0. The number of hydrogen-bond donors (Lipinski definition) is 1. The Morgan fingerprint density at radius 1 is 0.900 bits per heavy atom. The quantitative estimate of drug-likeness (QED) is 0.578. The van der Waals surface area contributed by atoms with E-state index in [1.165, 1.54) is 38.5 Å². The van der Waals surface area contributed by atoms with Crippen LogP contribution in [0.25, 0.3) is 0 Å². The maximum absolute atomic E-state index is 8.93. The smallest absolute Gasteiger partial charge is 0.0681 e. The topological polar surface area (TPSA) is 20.2 Å². The molecule has 0 unspecified atom stereocenters. The maximum Gasteiger partial charge on any atom is 0.0681 e. The average molecular weight is 268 g/mol.